The highest BCUT2D eigenvalue weighted by atomic mass is 127. The van der Waals surface area contributed by atoms with Crippen LogP contribution in [0.5, 0.6) is 0 Å². The molecule has 4 rings (SSSR count). The second-order valence-corrected chi connectivity index (χ2v) is 7.30. The molecule has 0 bridgehead atoms. The van der Waals surface area contributed by atoms with Gasteiger partial charge in [-0.25, -0.2) is 0 Å². The van der Waals surface area contributed by atoms with Crippen LogP contribution in [0, 0.1) is 3.57 Å². The van der Waals surface area contributed by atoms with Gasteiger partial charge in [-0.1, -0.05) is 18.2 Å². The topological polar surface area (TPSA) is 46.3 Å². The minimum atomic E-state index is 0.0898. The first kappa shape index (κ1) is 14.2. The first-order chi connectivity index (χ1) is 10.6. The molecule has 1 heterocycles. The van der Waals surface area contributed by atoms with Crippen molar-refractivity contribution in [1.82, 2.24) is 0 Å². The van der Waals surface area contributed by atoms with Gasteiger partial charge >= 0.3 is 0 Å². The third-order valence-electron chi connectivity index (χ3n) is 4.70. The van der Waals surface area contributed by atoms with Crippen molar-refractivity contribution in [3.05, 3.63) is 62.7 Å². The molecule has 2 aliphatic rings. The van der Waals surface area contributed by atoms with Crippen LogP contribution < -0.4 is 10.6 Å². The Bertz CT molecular complexity index is 744. The molecule has 2 aromatic rings. The van der Waals surface area contributed by atoms with Crippen molar-refractivity contribution in [2.45, 2.75) is 24.8 Å². The maximum absolute atomic E-state index is 12.9. The molecule has 2 N–H and O–H groups in total. The molecule has 4 heteroatoms. The lowest BCUT2D eigenvalue weighted by atomic mass is 9.82. The van der Waals surface area contributed by atoms with Gasteiger partial charge < -0.3 is 10.6 Å². The zero-order valence-electron chi connectivity index (χ0n) is 12.1. The Hall–Kier alpha value is -1.40. The zero-order valence-corrected chi connectivity index (χ0v) is 14.3. The molecule has 112 valence electrons. The molecule has 1 aliphatic heterocycles. The highest BCUT2D eigenvalue weighted by Gasteiger charge is 2.38. The van der Waals surface area contributed by atoms with Crippen molar-refractivity contribution in [2.75, 3.05) is 11.4 Å². The largest absolute Gasteiger partial charge is 0.327 e. The fourth-order valence-corrected chi connectivity index (χ4v) is 4.46. The van der Waals surface area contributed by atoms with Gasteiger partial charge in [-0.3, -0.25) is 4.79 Å². The van der Waals surface area contributed by atoms with Crippen molar-refractivity contribution >= 4 is 34.2 Å². The summed E-state index contributed by atoms with van der Waals surface area (Å²) in [6.45, 7) is 0.754. The Morgan fingerprint density at radius 2 is 1.95 bits per heavy atom. The number of hydrogen-bond donors (Lipinski definition) is 1. The standard InChI is InChI=1S/C18H17IN2O/c19-15-6-7-16-17-12(8-13(20)9-14(15)17)10-21(16)18(22)11-4-2-1-3-5-11/h1-7,12-13H,8-10,20H2/t12?,13-/m0/s1. The molecule has 0 saturated carbocycles. The van der Waals surface area contributed by atoms with Crippen molar-refractivity contribution in [2.24, 2.45) is 5.73 Å². The predicted octanol–water partition coefficient (Wildman–Crippen LogP) is 3.31. The van der Waals surface area contributed by atoms with E-state index in [1.165, 1.54) is 14.7 Å². The molecule has 0 fully saturated rings. The summed E-state index contributed by atoms with van der Waals surface area (Å²) in [5.74, 6) is 0.475. The van der Waals surface area contributed by atoms with Crippen LogP contribution in [0.3, 0.4) is 0 Å². The molecule has 1 unspecified atom stereocenters. The van der Waals surface area contributed by atoms with E-state index in [2.05, 4.69) is 34.7 Å². The average molecular weight is 404 g/mol. The Morgan fingerprint density at radius 3 is 2.73 bits per heavy atom. The maximum atomic E-state index is 12.9. The number of anilines is 1. The summed E-state index contributed by atoms with van der Waals surface area (Å²) in [4.78, 5) is 14.8. The summed E-state index contributed by atoms with van der Waals surface area (Å²) >= 11 is 2.38. The van der Waals surface area contributed by atoms with Gasteiger partial charge in [0.15, 0.2) is 0 Å². The number of rotatable bonds is 1. The Morgan fingerprint density at radius 1 is 1.18 bits per heavy atom. The van der Waals surface area contributed by atoms with E-state index in [1.54, 1.807) is 0 Å². The van der Waals surface area contributed by atoms with Crippen LogP contribution in [-0.4, -0.2) is 18.5 Å². The number of amides is 1. The Kier molecular flexibility index (Phi) is 3.46. The highest BCUT2D eigenvalue weighted by Crippen LogP contribution is 2.46. The molecule has 0 aromatic heterocycles. The highest BCUT2D eigenvalue weighted by molar-refractivity contribution is 14.1. The number of carbonyl (C=O) groups excluding carboxylic acids is 1. The van der Waals surface area contributed by atoms with Crippen molar-refractivity contribution in [3.8, 4) is 0 Å². The number of carbonyl (C=O) groups is 1. The first-order valence-electron chi connectivity index (χ1n) is 7.59. The number of nitrogens with two attached hydrogens (primary N) is 1. The van der Waals surface area contributed by atoms with Gasteiger partial charge in [-0.2, -0.15) is 0 Å². The molecule has 0 spiro atoms. The fraction of sp³-hybridized carbons (Fsp3) is 0.278. The van der Waals surface area contributed by atoms with Gasteiger partial charge in [0.1, 0.15) is 0 Å². The van der Waals surface area contributed by atoms with E-state index >= 15 is 0 Å². The minimum Gasteiger partial charge on any atom is -0.327 e. The molecule has 1 amide bonds. The summed E-state index contributed by atoms with van der Waals surface area (Å²) < 4.78 is 1.27. The monoisotopic (exact) mass is 404 g/mol. The number of benzene rings is 2. The van der Waals surface area contributed by atoms with Gasteiger partial charge in [0.2, 0.25) is 0 Å². The average Bonchev–Trinajstić information content (AvgIpc) is 2.90. The minimum absolute atomic E-state index is 0.0898. The van der Waals surface area contributed by atoms with E-state index in [9.17, 15) is 4.79 Å². The smallest absolute Gasteiger partial charge is 0.258 e. The molecule has 1 aliphatic carbocycles. The quantitative estimate of drug-likeness (QED) is 0.742. The third-order valence-corrected chi connectivity index (χ3v) is 5.71. The Balaban J connectivity index is 1.79. The summed E-state index contributed by atoms with van der Waals surface area (Å²) in [6.07, 6.45) is 1.89. The van der Waals surface area contributed by atoms with Crippen molar-refractivity contribution < 1.29 is 4.79 Å². The van der Waals surface area contributed by atoms with Gasteiger partial charge in [0.25, 0.3) is 5.91 Å². The summed E-state index contributed by atoms with van der Waals surface area (Å²) in [7, 11) is 0. The maximum Gasteiger partial charge on any atom is 0.258 e. The van der Waals surface area contributed by atoms with E-state index in [-0.39, 0.29) is 11.9 Å². The van der Waals surface area contributed by atoms with Crippen LogP contribution >= 0.6 is 22.6 Å². The fourth-order valence-electron chi connectivity index (χ4n) is 3.77. The molecule has 2 atom stereocenters. The lowest BCUT2D eigenvalue weighted by Gasteiger charge is -2.26. The second-order valence-electron chi connectivity index (χ2n) is 6.14. The van der Waals surface area contributed by atoms with Crippen LogP contribution in [0.2, 0.25) is 0 Å². The van der Waals surface area contributed by atoms with Crippen LogP contribution in [0.4, 0.5) is 5.69 Å². The SMILES string of the molecule is N[C@@H]1Cc2c(I)ccc3c2C(C1)CN3C(=O)c1ccccc1. The van der Waals surface area contributed by atoms with Crippen molar-refractivity contribution in [1.29, 1.82) is 0 Å². The molecule has 0 saturated heterocycles. The van der Waals surface area contributed by atoms with Gasteiger partial charge in [-0.15, -0.1) is 0 Å². The normalized spacial score (nSPS) is 22.5. The molecular formula is C18H17IN2O. The van der Waals surface area contributed by atoms with Gasteiger partial charge in [-0.05, 0) is 70.8 Å². The molecule has 2 aromatic carbocycles. The summed E-state index contributed by atoms with van der Waals surface area (Å²) in [5.41, 5.74) is 10.8. The molecule has 0 radical (unpaired) electrons. The number of hydrogen-bond acceptors (Lipinski definition) is 2. The third kappa shape index (κ3) is 2.16. The molecule has 3 nitrogen and oxygen atoms in total. The van der Waals surface area contributed by atoms with Crippen LogP contribution in [0.15, 0.2) is 42.5 Å². The van der Waals surface area contributed by atoms with E-state index in [0.29, 0.717) is 5.92 Å². The van der Waals surface area contributed by atoms with E-state index in [0.717, 1.165) is 30.6 Å². The molecular weight excluding hydrogens is 387 g/mol. The lowest BCUT2D eigenvalue weighted by molar-refractivity contribution is 0.0988. The van der Waals surface area contributed by atoms with Crippen LogP contribution in [0.1, 0.15) is 33.8 Å². The van der Waals surface area contributed by atoms with E-state index in [4.69, 9.17) is 5.73 Å². The zero-order chi connectivity index (χ0) is 15.3. The Labute approximate surface area is 143 Å². The predicted molar refractivity (Wildman–Crippen MR) is 96.3 cm³/mol. The summed E-state index contributed by atoms with van der Waals surface area (Å²) in [6, 6.07) is 13.9. The van der Waals surface area contributed by atoms with Gasteiger partial charge in [0, 0.05) is 33.3 Å². The van der Waals surface area contributed by atoms with Gasteiger partial charge in [0.05, 0.1) is 0 Å². The first-order valence-corrected chi connectivity index (χ1v) is 8.67. The van der Waals surface area contributed by atoms with E-state index < -0.39 is 0 Å². The number of halogens is 1. The molecule has 22 heavy (non-hydrogen) atoms. The van der Waals surface area contributed by atoms with E-state index in [1.807, 2.05) is 35.2 Å². The van der Waals surface area contributed by atoms with Crippen LogP contribution in [0.25, 0.3) is 0 Å². The lowest BCUT2D eigenvalue weighted by Crippen LogP contribution is -2.33. The number of nitrogens with zero attached hydrogens (tertiary/aromatic N) is 1. The van der Waals surface area contributed by atoms with Crippen molar-refractivity contribution in [3.63, 3.8) is 0 Å². The summed E-state index contributed by atoms with van der Waals surface area (Å²) in [5, 5.41) is 0. The van der Waals surface area contributed by atoms with Crippen LogP contribution in [-0.2, 0) is 6.42 Å². The second kappa shape index (κ2) is 5.35.